The van der Waals surface area contributed by atoms with Gasteiger partial charge in [-0.2, -0.15) is 5.10 Å². The summed E-state index contributed by atoms with van der Waals surface area (Å²) in [4.78, 5) is 14.2. The number of nitrogens with zero attached hydrogens (tertiary/aromatic N) is 2. The Morgan fingerprint density at radius 1 is 1.37 bits per heavy atom. The Morgan fingerprint density at radius 2 is 2.16 bits per heavy atom. The van der Waals surface area contributed by atoms with Gasteiger partial charge in [-0.15, -0.1) is 12.4 Å². The molecule has 104 valence electrons. The van der Waals surface area contributed by atoms with Gasteiger partial charge in [-0.05, 0) is 18.9 Å². The number of carbonyl (C=O) groups excluding carboxylic acids is 1. The number of likely N-dealkylation sites (tertiary alicyclic amines) is 1. The van der Waals surface area contributed by atoms with Gasteiger partial charge in [0.1, 0.15) is 6.04 Å². The first kappa shape index (κ1) is 14.1. The molecule has 5 nitrogen and oxygen atoms in total. The topological polar surface area (TPSA) is 61.0 Å². The van der Waals surface area contributed by atoms with Crippen molar-refractivity contribution in [2.24, 2.45) is 0 Å². The number of halogens is 1. The molecule has 0 radical (unpaired) electrons. The van der Waals surface area contributed by atoms with Crippen LogP contribution in [0.3, 0.4) is 0 Å². The summed E-state index contributed by atoms with van der Waals surface area (Å²) in [5, 5.41) is 10.2. The van der Waals surface area contributed by atoms with Crippen LogP contribution >= 0.6 is 12.4 Å². The zero-order valence-corrected chi connectivity index (χ0v) is 11.5. The van der Waals surface area contributed by atoms with Crippen LogP contribution in [-0.4, -0.2) is 46.7 Å². The normalized spacial score (nSPS) is 23.4. The molecule has 0 spiro atoms. The lowest BCUT2D eigenvalue weighted by Gasteiger charge is -2.32. The van der Waals surface area contributed by atoms with Gasteiger partial charge in [-0.3, -0.25) is 15.2 Å². The SMILES string of the molecule is Cl.O=C(C1C=CCN1)N1CCC(c2ccn[nH]2)CC1. The summed E-state index contributed by atoms with van der Waals surface area (Å²) in [6, 6.07) is 1.93. The molecular formula is C13H19ClN4O. The Balaban J connectivity index is 0.00000133. The monoisotopic (exact) mass is 282 g/mol. The maximum atomic E-state index is 12.2. The second-order valence-corrected chi connectivity index (χ2v) is 4.93. The summed E-state index contributed by atoms with van der Waals surface area (Å²) < 4.78 is 0. The lowest BCUT2D eigenvalue weighted by Crippen LogP contribution is -2.46. The minimum absolute atomic E-state index is 0. The van der Waals surface area contributed by atoms with E-state index in [0.29, 0.717) is 5.92 Å². The maximum absolute atomic E-state index is 12.2. The molecule has 6 heteroatoms. The van der Waals surface area contributed by atoms with E-state index in [0.717, 1.165) is 32.5 Å². The molecule has 2 aliphatic heterocycles. The summed E-state index contributed by atoms with van der Waals surface area (Å²) >= 11 is 0. The van der Waals surface area contributed by atoms with E-state index in [2.05, 4.69) is 15.5 Å². The minimum Gasteiger partial charge on any atom is -0.341 e. The number of carbonyl (C=O) groups is 1. The van der Waals surface area contributed by atoms with Gasteiger partial charge in [0.25, 0.3) is 0 Å². The van der Waals surface area contributed by atoms with Crippen LogP contribution < -0.4 is 5.32 Å². The number of amides is 1. The van der Waals surface area contributed by atoms with E-state index >= 15 is 0 Å². The average molecular weight is 283 g/mol. The van der Waals surface area contributed by atoms with Gasteiger partial charge in [-0.25, -0.2) is 0 Å². The lowest BCUT2D eigenvalue weighted by atomic mass is 9.93. The molecule has 1 aromatic heterocycles. The molecular weight excluding hydrogens is 264 g/mol. The second kappa shape index (κ2) is 6.21. The zero-order chi connectivity index (χ0) is 12.4. The van der Waals surface area contributed by atoms with Gasteiger partial charge in [-0.1, -0.05) is 12.2 Å². The summed E-state index contributed by atoms with van der Waals surface area (Å²) in [6.07, 6.45) is 7.80. The molecule has 0 bridgehead atoms. The van der Waals surface area contributed by atoms with Crippen LogP contribution in [0.1, 0.15) is 24.5 Å². The van der Waals surface area contributed by atoms with E-state index in [1.54, 1.807) is 6.20 Å². The largest absolute Gasteiger partial charge is 0.341 e. The molecule has 2 N–H and O–H groups in total. The molecule has 0 saturated carbocycles. The van der Waals surface area contributed by atoms with Crippen LogP contribution in [0.25, 0.3) is 0 Å². The van der Waals surface area contributed by atoms with E-state index in [4.69, 9.17) is 0 Å². The molecule has 1 saturated heterocycles. The fourth-order valence-corrected chi connectivity index (χ4v) is 2.74. The number of rotatable bonds is 2. The second-order valence-electron chi connectivity index (χ2n) is 4.93. The number of aromatic amines is 1. The number of nitrogens with one attached hydrogen (secondary N) is 2. The Hall–Kier alpha value is -1.33. The molecule has 3 rings (SSSR count). The highest BCUT2D eigenvalue weighted by molar-refractivity contribution is 5.85. The maximum Gasteiger partial charge on any atom is 0.243 e. The Morgan fingerprint density at radius 3 is 2.74 bits per heavy atom. The molecule has 1 amide bonds. The highest BCUT2D eigenvalue weighted by atomic mass is 35.5. The van der Waals surface area contributed by atoms with Crippen LogP contribution in [0, 0.1) is 0 Å². The number of H-pyrrole nitrogens is 1. The molecule has 3 heterocycles. The van der Waals surface area contributed by atoms with Gasteiger partial charge in [0.2, 0.25) is 5.91 Å². The predicted octanol–water partition coefficient (Wildman–Crippen LogP) is 1.07. The highest BCUT2D eigenvalue weighted by Crippen LogP contribution is 2.26. The van der Waals surface area contributed by atoms with Crippen molar-refractivity contribution < 1.29 is 4.79 Å². The van der Waals surface area contributed by atoms with Gasteiger partial charge in [0, 0.05) is 37.4 Å². The Kier molecular flexibility index (Phi) is 4.61. The minimum atomic E-state index is -0.103. The third-order valence-corrected chi connectivity index (χ3v) is 3.82. The quantitative estimate of drug-likeness (QED) is 0.798. The first-order chi connectivity index (χ1) is 8.84. The van der Waals surface area contributed by atoms with Gasteiger partial charge in [0.15, 0.2) is 0 Å². The van der Waals surface area contributed by atoms with Crippen molar-refractivity contribution >= 4 is 18.3 Å². The first-order valence-electron chi connectivity index (χ1n) is 6.52. The molecule has 2 aliphatic rings. The van der Waals surface area contributed by atoms with E-state index < -0.39 is 0 Å². The van der Waals surface area contributed by atoms with Crippen molar-refractivity contribution in [2.45, 2.75) is 24.8 Å². The van der Waals surface area contributed by atoms with E-state index in [1.165, 1.54) is 5.69 Å². The third-order valence-electron chi connectivity index (χ3n) is 3.82. The zero-order valence-electron chi connectivity index (χ0n) is 10.7. The van der Waals surface area contributed by atoms with Crippen molar-refractivity contribution in [2.75, 3.05) is 19.6 Å². The summed E-state index contributed by atoms with van der Waals surface area (Å²) in [6.45, 7) is 2.49. The smallest absolute Gasteiger partial charge is 0.243 e. The molecule has 0 aromatic carbocycles. The standard InChI is InChI=1S/C13H18N4O.ClH/c18-13(12-2-1-6-14-12)17-8-4-10(5-9-17)11-3-7-15-16-11;/h1-3,7,10,12,14H,4-6,8-9H2,(H,15,16);1H. The summed E-state index contributed by atoms with van der Waals surface area (Å²) in [5.74, 6) is 0.732. The Labute approximate surface area is 118 Å². The van der Waals surface area contributed by atoms with Crippen molar-refractivity contribution in [3.8, 4) is 0 Å². The fraction of sp³-hybridized carbons (Fsp3) is 0.538. The fourth-order valence-electron chi connectivity index (χ4n) is 2.74. The predicted molar refractivity (Wildman–Crippen MR) is 75.3 cm³/mol. The molecule has 1 unspecified atom stereocenters. The van der Waals surface area contributed by atoms with E-state index in [9.17, 15) is 4.79 Å². The average Bonchev–Trinajstić information content (AvgIpc) is 3.11. The third kappa shape index (κ3) is 2.98. The van der Waals surface area contributed by atoms with Crippen LogP contribution in [0.5, 0.6) is 0 Å². The molecule has 1 fully saturated rings. The lowest BCUT2D eigenvalue weighted by molar-refractivity contribution is -0.133. The van der Waals surface area contributed by atoms with Crippen LogP contribution in [-0.2, 0) is 4.79 Å². The summed E-state index contributed by atoms with van der Waals surface area (Å²) in [5.41, 5.74) is 1.20. The molecule has 1 atom stereocenters. The number of piperidine rings is 1. The Bertz CT molecular complexity index is 438. The first-order valence-corrected chi connectivity index (χ1v) is 6.52. The summed E-state index contributed by atoms with van der Waals surface area (Å²) in [7, 11) is 0. The molecule has 0 aliphatic carbocycles. The van der Waals surface area contributed by atoms with Gasteiger partial charge < -0.3 is 4.90 Å². The van der Waals surface area contributed by atoms with Crippen LogP contribution in [0.15, 0.2) is 24.4 Å². The van der Waals surface area contributed by atoms with E-state index in [-0.39, 0.29) is 24.4 Å². The van der Waals surface area contributed by atoms with Gasteiger partial charge >= 0.3 is 0 Å². The van der Waals surface area contributed by atoms with Crippen molar-refractivity contribution in [3.05, 3.63) is 30.1 Å². The van der Waals surface area contributed by atoms with Crippen molar-refractivity contribution in [3.63, 3.8) is 0 Å². The molecule has 1 aromatic rings. The van der Waals surface area contributed by atoms with Crippen LogP contribution in [0.4, 0.5) is 0 Å². The number of hydrogen-bond acceptors (Lipinski definition) is 3. The van der Waals surface area contributed by atoms with Crippen molar-refractivity contribution in [1.29, 1.82) is 0 Å². The van der Waals surface area contributed by atoms with Gasteiger partial charge in [0.05, 0.1) is 0 Å². The highest BCUT2D eigenvalue weighted by Gasteiger charge is 2.28. The number of hydrogen-bond donors (Lipinski definition) is 2. The van der Waals surface area contributed by atoms with E-state index in [1.807, 2.05) is 23.1 Å². The molecule has 19 heavy (non-hydrogen) atoms. The number of aromatic nitrogens is 2. The van der Waals surface area contributed by atoms with Crippen LogP contribution in [0.2, 0.25) is 0 Å². The van der Waals surface area contributed by atoms with Crippen molar-refractivity contribution in [1.82, 2.24) is 20.4 Å².